The van der Waals surface area contributed by atoms with Gasteiger partial charge in [-0.05, 0) is 25.7 Å². The summed E-state index contributed by atoms with van der Waals surface area (Å²) in [5, 5.41) is 23.8. The SMILES string of the molecule is CCCCCCCCCCCCCCCCC(=O)OC(CCCCCCCCCCCCCCCC)CC(=O)NC(CO)C(O)CCCCCCCCCCCCCC. The molecule has 0 aliphatic carbocycles. The van der Waals surface area contributed by atoms with Crippen LogP contribution in [0.25, 0.3) is 0 Å². The number of nitrogens with one attached hydrogen (secondary N) is 1. The lowest BCUT2D eigenvalue weighted by Gasteiger charge is -2.24. The van der Waals surface area contributed by atoms with Crippen molar-refractivity contribution in [2.75, 3.05) is 6.61 Å². The van der Waals surface area contributed by atoms with Crippen LogP contribution in [0.5, 0.6) is 0 Å². The molecule has 0 aliphatic rings. The van der Waals surface area contributed by atoms with Gasteiger partial charge in [0.15, 0.2) is 0 Å². The van der Waals surface area contributed by atoms with E-state index in [1.165, 1.54) is 218 Å². The molecule has 0 aliphatic heterocycles. The Labute approximate surface area is 368 Å². The first-order chi connectivity index (χ1) is 29.0. The minimum absolute atomic E-state index is 0.0880. The summed E-state index contributed by atoms with van der Waals surface area (Å²) < 4.78 is 5.95. The molecule has 59 heavy (non-hydrogen) atoms. The molecule has 6 heteroatoms. The summed E-state index contributed by atoms with van der Waals surface area (Å²) in [5.41, 5.74) is 0. The fourth-order valence-electron chi connectivity index (χ4n) is 8.61. The molecule has 352 valence electrons. The lowest BCUT2D eigenvalue weighted by Crippen LogP contribution is -2.46. The van der Waals surface area contributed by atoms with Crippen LogP contribution in [0.2, 0.25) is 0 Å². The van der Waals surface area contributed by atoms with E-state index in [2.05, 4.69) is 26.1 Å². The smallest absolute Gasteiger partial charge is 0.306 e. The number of aliphatic hydroxyl groups is 2. The van der Waals surface area contributed by atoms with E-state index in [9.17, 15) is 19.8 Å². The number of aliphatic hydroxyl groups excluding tert-OH is 2. The molecule has 0 bridgehead atoms. The summed E-state index contributed by atoms with van der Waals surface area (Å²) in [4.78, 5) is 26.2. The number of carbonyl (C=O) groups excluding carboxylic acids is 2. The topological polar surface area (TPSA) is 95.9 Å². The molecule has 0 saturated carbocycles. The quantitative estimate of drug-likeness (QED) is 0.0419. The van der Waals surface area contributed by atoms with E-state index in [4.69, 9.17) is 4.74 Å². The van der Waals surface area contributed by atoms with E-state index in [0.29, 0.717) is 19.3 Å². The zero-order chi connectivity index (χ0) is 43.1. The monoisotopic (exact) mass is 836 g/mol. The Balaban J connectivity index is 4.51. The van der Waals surface area contributed by atoms with Crippen LogP contribution in [0.4, 0.5) is 0 Å². The van der Waals surface area contributed by atoms with Crippen LogP contribution in [0.15, 0.2) is 0 Å². The van der Waals surface area contributed by atoms with Gasteiger partial charge in [0, 0.05) is 6.42 Å². The van der Waals surface area contributed by atoms with Crippen molar-refractivity contribution in [1.29, 1.82) is 0 Å². The molecule has 6 nitrogen and oxygen atoms in total. The molecule has 0 saturated heterocycles. The Morgan fingerprint density at radius 2 is 0.712 bits per heavy atom. The number of unbranched alkanes of at least 4 members (excludes halogenated alkanes) is 37. The molecule has 0 fully saturated rings. The molecule has 0 aromatic rings. The van der Waals surface area contributed by atoms with Gasteiger partial charge in [0.25, 0.3) is 0 Å². The predicted molar refractivity (Wildman–Crippen MR) is 255 cm³/mol. The average molecular weight is 836 g/mol. The van der Waals surface area contributed by atoms with Crippen LogP contribution < -0.4 is 5.32 Å². The van der Waals surface area contributed by atoms with Gasteiger partial charge >= 0.3 is 5.97 Å². The lowest BCUT2D eigenvalue weighted by molar-refractivity contribution is -0.151. The van der Waals surface area contributed by atoms with Crippen molar-refractivity contribution < 1.29 is 24.5 Å². The number of ether oxygens (including phenoxy) is 1. The number of amides is 1. The van der Waals surface area contributed by atoms with Crippen LogP contribution in [-0.4, -0.2) is 46.9 Å². The van der Waals surface area contributed by atoms with E-state index >= 15 is 0 Å². The molecular formula is C53H105NO5. The number of hydrogen-bond donors (Lipinski definition) is 3. The number of hydrogen-bond acceptors (Lipinski definition) is 5. The normalized spacial score (nSPS) is 13.1. The van der Waals surface area contributed by atoms with Crippen LogP contribution >= 0.6 is 0 Å². The van der Waals surface area contributed by atoms with E-state index < -0.39 is 18.2 Å². The zero-order valence-electron chi connectivity index (χ0n) is 40.2. The van der Waals surface area contributed by atoms with Crippen molar-refractivity contribution >= 4 is 11.9 Å². The Morgan fingerprint density at radius 1 is 0.424 bits per heavy atom. The van der Waals surface area contributed by atoms with Crippen LogP contribution in [0, 0.1) is 0 Å². The second-order valence-electron chi connectivity index (χ2n) is 18.6. The Kier molecular flexibility index (Phi) is 47.0. The van der Waals surface area contributed by atoms with E-state index in [-0.39, 0.29) is 24.9 Å². The first kappa shape index (κ1) is 57.9. The van der Waals surface area contributed by atoms with Gasteiger partial charge in [-0.2, -0.15) is 0 Å². The molecule has 0 spiro atoms. The fourth-order valence-corrected chi connectivity index (χ4v) is 8.61. The Morgan fingerprint density at radius 3 is 1.03 bits per heavy atom. The third-order valence-corrected chi connectivity index (χ3v) is 12.7. The summed E-state index contributed by atoms with van der Waals surface area (Å²) in [5.74, 6) is -0.449. The van der Waals surface area contributed by atoms with Gasteiger partial charge in [-0.25, -0.2) is 0 Å². The largest absolute Gasteiger partial charge is 0.462 e. The third kappa shape index (κ3) is 43.3. The van der Waals surface area contributed by atoms with Gasteiger partial charge in [-0.1, -0.05) is 265 Å². The van der Waals surface area contributed by atoms with Gasteiger partial charge in [0.2, 0.25) is 5.91 Å². The average Bonchev–Trinajstić information content (AvgIpc) is 3.23. The van der Waals surface area contributed by atoms with E-state index in [0.717, 1.165) is 38.5 Å². The maximum atomic E-state index is 13.2. The van der Waals surface area contributed by atoms with Crippen molar-refractivity contribution in [3.8, 4) is 0 Å². The van der Waals surface area contributed by atoms with E-state index in [1.54, 1.807) is 0 Å². The van der Waals surface area contributed by atoms with Crippen molar-refractivity contribution in [2.45, 2.75) is 322 Å². The number of carbonyl (C=O) groups is 2. The van der Waals surface area contributed by atoms with Gasteiger partial charge in [-0.3, -0.25) is 9.59 Å². The summed E-state index contributed by atoms with van der Waals surface area (Å²) in [6.45, 7) is 6.51. The highest BCUT2D eigenvalue weighted by atomic mass is 16.5. The number of esters is 1. The van der Waals surface area contributed by atoms with Crippen molar-refractivity contribution in [3.05, 3.63) is 0 Å². The van der Waals surface area contributed by atoms with Crippen LogP contribution in [-0.2, 0) is 14.3 Å². The second-order valence-corrected chi connectivity index (χ2v) is 18.6. The van der Waals surface area contributed by atoms with Crippen LogP contribution in [0.1, 0.15) is 303 Å². The summed E-state index contributed by atoms with van der Waals surface area (Å²) in [6.07, 6.45) is 51.6. The predicted octanol–water partition coefficient (Wildman–Crippen LogP) is 16.0. The van der Waals surface area contributed by atoms with Gasteiger partial charge < -0.3 is 20.3 Å². The zero-order valence-corrected chi connectivity index (χ0v) is 40.2. The van der Waals surface area contributed by atoms with Crippen molar-refractivity contribution in [2.24, 2.45) is 0 Å². The van der Waals surface area contributed by atoms with Crippen molar-refractivity contribution in [3.63, 3.8) is 0 Å². The molecule has 0 radical (unpaired) electrons. The van der Waals surface area contributed by atoms with Crippen molar-refractivity contribution in [1.82, 2.24) is 5.32 Å². The van der Waals surface area contributed by atoms with Gasteiger partial charge in [0.05, 0.1) is 25.2 Å². The molecule has 0 aromatic carbocycles. The maximum absolute atomic E-state index is 13.2. The second kappa shape index (κ2) is 47.9. The summed E-state index contributed by atoms with van der Waals surface area (Å²) >= 11 is 0. The van der Waals surface area contributed by atoms with Gasteiger partial charge in [-0.15, -0.1) is 0 Å². The molecule has 3 N–H and O–H groups in total. The molecular weight excluding hydrogens is 731 g/mol. The number of rotatable bonds is 49. The molecule has 0 aromatic heterocycles. The standard InChI is InChI=1S/C53H105NO5/c1-4-7-10-13-16-19-22-25-27-29-32-35-38-41-44-49(59-53(58)46-43-40-37-34-31-28-26-23-20-17-14-11-8-5-2)47-52(57)54-50(48-55)51(56)45-42-39-36-33-30-24-21-18-15-12-9-6-3/h49-51,55-56H,4-48H2,1-3H3,(H,54,57). The first-order valence-electron chi connectivity index (χ1n) is 26.8. The minimum Gasteiger partial charge on any atom is -0.462 e. The molecule has 0 heterocycles. The minimum atomic E-state index is -0.779. The Hall–Kier alpha value is -1.14. The molecule has 3 atom stereocenters. The highest BCUT2D eigenvalue weighted by molar-refractivity contribution is 5.77. The van der Waals surface area contributed by atoms with E-state index in [1.807, 2.05) is 0 Å². The van der Waals surface area contributed by atoms with Gasteiger partial charge in [0.1, 0.15) is 6.10 Å². The molecule has 0 rings (SSSR count). The Bertz CT molecular complexity index is 852. The summed E-state index contributed by atoms with van der Waals surface area (Å²) in [6, 6.07) is -0.692. The highest BCUT2D eigenvalue weighted by Crippen LogP contribution is 2.19. The highest BCUT2D eigenvalue weighted by Gasteiger charge is 2.24. The summed E-state index contributed by atoms with van der Waals surface area (Å²) in [7, 11) is 0. The molecule has 3 unspecified atom stereocenters. The lowest BCUT2D eigenvalue weighted by atomic mass is 10.0. The third-order valence-electron chi connectivity index (χ3n) is 12.7. The van der Waals surface area contributed by atoms with Crippen LogP contribution in [0.3, 0.4) is 0 Å². The fraction of sp³-hybridized carbons (Fsp3) is 0.962. The maximum Gasteiger partial charge on any atom is 0.306 e. The molecule has 1 amide bonds. The first-order valence-corrected chi connectivity index (χ1v) is 26.8.